The number of sulfone groups is 1. The molecule has 0 fully saturated rings. The molecule has 4 nitrogen and oxygen atoms in total. The third-order valence-corrected chi connectivity index (χ3v) is 12.5. The SMILES string of the molecule is COC(=O)C(=P(c1ccccc1)(c1ccccc1)c1ccccc1)S(=O)(=O)c1ccccc1. The van der Waals surface area contributed by atoms with Gasteiger partial charge in [-0.2, -0.15) is 0 Å². The number of ether oxygens (including phenoxy) is 1. The average Bonchev–Trinajstić information content (AvgIpc) is 2.88. The summed E-state index contributed by atoms with van der Waals surface area (Å²) in [6, 6.07) is 36.2. The van der Waals surface area contributed by atoms with Gasteiger partial charge in [0.2, 0.25) is 9.84 Å². The molecular formula is C27H23O4PS. The first-order chi connectivity index (χ1) is 16.0. The molecule has 4 aromatic carbocycles. The predicted octanol–water partition coefficient (Wildman–Crippen LogP) is 3.76. The van der Waals surface area contributed by atoms with Gasteiger partial charge in [-0.05, 0) is 28.0 Å². The lowest BCUT2D eigenvalue weighted by molar-refractivity contribution is -0.132. The minimum absolute atomic E-state index is 0.0533. The molecule has 0 aromatic heterocycles. The van der Waals surface area contributed by atoms with Crippen molar-refractivity contribution in [1.29, 1.82) is 0 Å². The fraction of sp³-hybridized carbons (Fsp3) is 0.0370. The Morgan fingerprint density at radius 1 is 0.606 bits per heavy atom. The zero-order chi connectivity index (χ0) is 23.3. The van der Waals surface area contributed by atoms with Crippen LogP contribution in [0.1, 0.15) is 0 Å². The molecule has 6 heteroatoms. The van der Waals surface area contributed by atoms with E-state index in [4.69, 9.17) is 4.74 Å². The van der Waals surface area contributed by atoms with Crippen molar-refractivity contribution in [2.24, 2.45) is 0 Å². The Balaban J connectivity index is 2.34. The highest BCUT2D eigenvalue weighted by atomic mass is 32.2. The van der Waals surface area contributed by atoms with E-state index in [1.54, 1.807) is 18.2 Å². The average molecular weight is 475 g/mol. The van der Waals surface area contributed by atoms with Crippen molar-refractivity contribution in [3.63, 3.8) is 0 Å². The number of esters is 1. The van der Waals surface area contributed by atoms with Gasteiger partial charge in [-0.1, -0.05) is 109 Å². The smallest absolute Gasteiger partial charge is 0.350 e. The zero-order valence-corrected chi connectivity index (χ0v) is 19.7. The molecule has 0 unspecified atom stereocenters. The highest BCUT2D eigenvalue weighted by Gasteiger charge is 2.41. The molecule has 33 heavy (non-hydrogen) atoms. The van der Waals surface area contributed by atoms with Crippen LogP contribution in [0, 0.1) is 0 Å². The van der Waals surface area contributed by atoms with Crippen molar-refractivity contribution in [3.05, 3.63) is 121 Å². The van der Waals surface area contributed by atoms with Crippen molar-refractivity contribution >= 4 is 43.2 Å². The first-order valence-corrected chi connectivity index (χ1v) is 13.6. The molecule has 4 aromatic rings. The van der Waals surface area contributed by atoms with E-state index >= 15 is 0 Å². The maximum absolute atomic E-state index is 14.2. The molecule has 0 amide bonds. The summed E-state index contributed by atoms with van der Waals surface area (Å²) < 4.78 is 33.3. The predicted molar refractivity (Wildman–Crippen MR) is 136 cm³/mol. The molecule has 0 saturated heterocycles. The summed E-state index contributed by atoms with van der Waals surface area (Å²) in [6.45, 7) is -3.17. The molecule has 166 valence electrons. The van der Waals surface area contributed by atoms with E-state index in [9.17, 15) is 13.2 Å². The summed E-state index contributed by atoms with van der Waals surface area (Å²) in [5.41, 5.74) is 0. The van der Waals surface area contributed by atoms with E-state index in [2.05, 4.69) is 0 Å². The second-order valence-corrected chi connectivity index (χ2v) is 12.8. The topological polar surface area (TPSA) is 60.4 Å². The molecule has 0 heterocycles. The minimum atomic E-state index is -4.22. The van der Waals surface area contributed by atoms with Crippen molar-refractivity contribution in [2.45, 2.75) is 4.90 Å². The summed E-state index contributed by atoms with van der Waals surface area (Å²) >= 11 is 0. The summed E-state index contributed by atoms with van der Waals surface area (Å²) in [6.07, 6.45) is 0. The van der Waals surface area contributed by atoms with E-state index in [1.807, 2.05) is 91.0 Å². The van der Waals surface area contributed by atoms with Crippen molar-refractivity contribution in [3.8, 4) is 0 Å². The minimum Gasteiger partial charge on any atom is -0.465 e. The standard InChI is InChI=1S/C27H23O4PS/c1-31-26(28)27(33(29,30)25-20-12-5-13-21-25)32(22-14-6-2-7-15-22,23-16-8-3-9-17-23)24-18-10-4-11-19-24/h2-21H,1H3. The van der Waals surface area contributed by atoms with E-state index < -0.39 is 22.7 Å². The number of hydrogen-bond donors (Lipinski definition) is 0. The lowest BCUT2D eigenvalue weighted by Crippen LogP contribution is -2.38. The molecule has 0 atom stereocenters. The lowest BCUT2D eigenvalue weighted by Gasteiger charge is -2.31. The molecule has 0 bridgehead atoms. The number of rotatable bonds is 6. The maximum Gasteiger partial charge on any atom is 0.350 e. The Kier molecular flexibility index (Phi) is 6.64. The first kappa shape index (κ1) is 22.8. The molecule has 0 aliphatic carbocycles. The Labute approximate surface area is 194 Å². The summed E-state index contributed by atoms with van der Waals surface area (Å²) in [5.74, 6) is -0.858. The third-order valence-electron chi connectivity index (χ3n) is 5.40. The molecule has 0 aliphatic heterocycles. The van der Waals surface area contributed by atoms with Gasteiger partial charge in [0.1, 0.15) is 0 Å². The molecule has 0 aliphatic rings. The molecular weight excluding hydrogens is 451 g/mol. The first-order valence-electron chi connectivity index (χ1n) is 10.3. The number of carbonyl (C=O) groups excluding carboxylic acids is 1. The van der Waals surface area contributed by atoms with Crippen LogP contribution in [0.5, 0.6) is 0 Å². The van der Waals surface area contributed by atoms with Crippen molar-refractivity contribution < 1.29 is 17.9 Å². The largest absolute Gasteiger partial charge is 0.465 e. The van der Waals surface area contributed by atoms with Crippen LogP contribution in [0.3, 0.4) is 0 Å². The van der Waals surface area contributed by atoms with Crippen LogP contribution in [0.2, 0.25) is 0 Å². The summed E-state index contributed by atoms with van der Waals surface area (Å²) in [5, 5.41) is 2.26. The lowest BCUT2D eigenvalue weighted by atomic mass is 10.4. The highest BCUT2D eigenvalue weighted by Crippen LogP contribution is 2.48. The van der Waals surface area contributed by atoms with E-state index in [0.29, 0.717) is 0 Å². The van der Waals surface area contributed by atoms with Gasteiger partial charge in [0, 0.05) is 6.89 Å². The van der Waals surface area contributed by atoms with Crippen LogP contribution in [0.25, 0.3) is 0 Å². The fourth-order valence-corrected chi connectivity index (χ4v) is 11.5. The Morgan fingerprint density at radius 2 is 0.939 bits per heavy atom. The van der Waals surface area contributed by atoms with Gasteiger partial charge in [0.05, 0.1) is 12.0 Å². The van der Waals surface area contributed by atoms with Gasteiger partial charge in [-0.25, -0.2) is 13.2 Å². The van der Waals surface area contributed by atoms with Crippen LogP contribution >= 0.6 is 6.89 Å². The number of methoxy groups -OCH3 is 1. The van der Waals surface area contributed by atoms with Crippen LogP contribution in [-0.2, 0) is 19.4 Å². The van der Waals surface area contributed by atoms with E-state index in [-0.39, 0.29) is 9.52 Å². The van der Waals surface area contributed by atoms with Crippen LogP contribution in [-0.4, -0.2) is 26.1 Å². The number of benzene rings is 4. The Bertz CT molecular complexity index is 1300. The third kappa shape index (κ3) is 4.06. The fourth-order valence-electron chi connectivity index (χ4n) is 3.98. The molecule has 0 radical (unpaired) electrons. The summed E-state index contributed by atoms with van der Waals surface area (Å²) in [7, 11) is -3.00. The molecule has 0 spiro atoms. The van der Waals surface area contributed by atoms with Crippen LogP contribution in [0.4, 0.5) is 0 Å². The van der Waals surface area contributed by atoms with E-state index in [1.165, 1.54) is 19.2 Å². The van der Waals surface area contributed by atoms with Crippen LogP contribution in [0.15, 0.2) is 126 Å². The Hall–Kier alpha value is -3.40. The maximum atomic E-state index is 14.2. The number of hydrogen-bond acceptors (Lipinski definition) is 4. The quantitative estimate of drug-likeness (QED) is 0.316. The highest BCUT2D eigenvalue weighted by molar-refractivity contribution is 8.22. The zero-order valence-electron chi connectivity index (χ0n) is 18.0. The summed E-state index contributed by atoms with van der Waals surface area (Å²) in [4.78, 5) is 13.5. The monoisotopic (exact) mass is 474 g/mol. The van der Waals surface area contributed by atoms with Gasteiger partial charge in [0.15, 0.2) is 4.63 Å². The molecule has 4 rings (SSSR count). The molecule has 0 saturated carbocycles. The molecule has 0 N–H and O–H groups in total. The van der Waals surface area contributed by atoms with Crippen LogP contribution < -0.4 is 15.9 Å². The normalized spacial score (nSPS) is 11.5. The van der Waals surface area contributed by atoms with E-state index in [0.717, 1.165) is 15.9 Å². The number of carbonyl (C=O) groups is 1. The Morgan fingerprint density at radius 3 is 1.27 bits per heavy atom. The van der Waals surface area contributed by atoms with Gasteiger partial charge in [-0.15, -0.1) is 0 Å². The van der Waals surface area contributed by atoms with Gasteiger partial charge >= 0.3 is 5.97 Å². The van der Waals surface area contributed by atoms with Gasteiger partial charge in [0.25, 0.3) is 0 Å². The van der Waals surface area contributed by atoms with Crippen molar-refractivity contribution in [1.82, 2.24) is 0 Å². The van der Waals surface area contributed by atoms with Crippen molar-refractivity contribution in [2.75, 3.05) is 7.11 Å². The van der Waals surface area contributed by atoms with Gasteiger partial charge < -0.3 is 4.74 Å². The second-order valence-electron chi connectivity index (χ2n) is 7.29. The second kappa shape index (κ2) is 9.62. The van der Waals surface area contributed by atoms with Gasteiger partial charge in [-0.3, -0.25) is 0 Å².